The first-order chi connectivity index (χ1) is 12.0. The summed E-state index contributed by atoms with van der Waals surface area (Å²) in [6, 6.07) is 0. The van der Waals surface area contributed by atoms with Gasteiger partial charge < -0.3 is 19.1 Å². The van der Waals surface area contributed by atoms with Crippen LogP contribution in [0.5, 0.6) is 0 Å². The Morgan fingerprint density at radius 2 is 1.24 bits per heavy atom. The maximum atomic E-state index is 11.6. The molecule has 25 heavy (non-hydrogen) atoms. The molecule has 0 aromatic carbocycles. The quantitative estimate of drug-likeness (QED) is 0.260. The van der Waals surface area contributed by atoms with E-state index in [9.17, 15) is 14.7 Å². The molecule has 0 atom stereocenters. The van der Waals surface area contributed by atoms with Crippen molar-refractivity contribution in [3.63, 3.8) is 0 Å². The minimum atomic E-state index is -0.161. The lowest BCUT2D eigenvalue weighted by molar-refractivity contribution is -0.910. The molecule has 6 nitrogen and oxygen atoms in total. The highest BCUT2D eigenvalue weighted by atomic mass is 16.5. The van der Waals surface area contributed by atoms with E-state index in [1.54, 1.807) is 0 Å². The lowest BCUT2D eigenvalue weighted by atomic mass is 10.2. The van der Waals surface area contributed by atoms with Crippen molar-refractivity contribution in [1.82, 2.24) is 0 Å². The summed E-state index contributed by atoms with van der Waals surface area (Å²) in [6.45, 7) is 6.64. The molecule has 0 aliphatic heterocycles. The van der Waals surface area contributed by atoms with Crippen LogP contribution in [-0.4, -0.2) is 68.0 Å². The fourth-order valence-electron chi connectivity index (χ4n) is 2.52. The highest BCUT2D eigenvalue weighted by Gasteiger charge is 2.22. The van der Waals surface area contributed by atoms with Gasteiger partial charge in [-0.3, -0.25) is 9.59 Å². The molecule has 0 bridgehead atoms. The number of quaternary nitrogens is 1. The van der Waals surface area contributed by atoms with Crippen molar-refractivity contribution in [2.45, 2.75) is 65.2 Å². The van der Waals surface area contributed by atoms with Gasteiger partial charge in [0.2, 0.25) is 0 Å². The Bertz CT molecular complexity index is 332. The largest absolute Gasteiger partial charge is 0.460 e. The number of esters is 2. The molecular formula is C19H38NO5+. The molecule has 6 heteroatoms. The van der Waals surface area contributed by atoms with Crippen molar-refractivity contribution in [1.29, 1.82) is 0 Å². The van der Waals surface area contributed by atoms with E-state index in [0.717, 1.165) is 38.5 Å². The van der Waals surface area contributed by atoms with Crippen molar-refractivity contribution >= 4 is 11.9 Å². The van der Waals surface area contributed by atoms with E-state index in [0.29, 0.717) is 50.2 Å². The van der Waals surface area contributed by atoms with E-state index in [2.05, 4.69) is 13.8 Å². The van der Waals surface area contributed by atoms with Gasteiger partial charge in [-0.05, 0) is 12.8 Å². The fourth-order valence-corrected chi connectivity index (χ4v) is 2.52. The first kappa shape index (κ1) is 23.9. The van der Waals surface area contributed by atoms with Crippen LogP contribution >= 0.6 is 0 Å². The van der Waals surface area contributed by atoms with Gasteiger partial charge in [-0.25, -0.2) is 0 Å². The predicted octanol–water partition coefficient (Wildman–Crippen LogP) is 2.67. The second-order valence-electron chi connectivity index (χ2n) is 6.87. The zero-order chi connectivity index (χ0) is 19.0. The molecule has 0 amide bonds. The first-order valence-corrected chi connectivity index (χ1v) is 9.73. The summed E-state index contributed by atoms with van der Waals surface area (Å²) in [4.78, 5) is 23.3. The Morgan fingerprint density at radius 1 is 0.800 bits per heavy atom. The molecule has 0 radical (unpaired) electrons. The van der Waals surface area contributed by atoms with E-state index in [1.807, 2.05) is 7.05 Å². The molecule has 1 N–H and O–H groups in total. The summed E-state index contributed by atoms with van der Waals surface area (Å²) in [7, 11) is 1.98. The fraction of sp³-hybridized carbons (Fsp3) is 0.895. The zero-order valence-corrected chi connectivity index (χ0v) is 16.4. The third-order valence-electron chi connectivity index (χ3n) is 4.40. The number of hydrogen-bond donors (Lipinski definition) is 1. The average Bonchev–Trinajstić information content (AvgIpc) is 2.55. The topological polar surface area (TPSA) is 72.8 Å². The van der Waals surface area contributed by atoms with E-state index < -0.39 is 0 Å². The second kappa shape index (κ2) is 15.1. The number of ether oxygens (including phenoxy) is 2. The van der Waals surface area contributed by atoms with Crippen molar-refractivity contribution in [3.8, 4) is 0 Å². The number of unbranched alkanes of at least 4 members (excludes halogenated alkanes) is 4. The number of rotatable bonds is 16. The Kier molecular flexibility index (Phi) is 14.5. The number of hydrogen-bond acceptors (Lipinski definition) is 5. The molecule has 0 aliphatic carbocycles. The standard InChI is InChI=1S/C19H38NO5/c1-4-6-8-10-18(22)24-16-13-20(3,12-15-21)14-17-25-19(23)11-9-7-5-2/h21H,4-17H2,1-3H3/q+1. The summed E-state index contributed by atoms with van der Waals surface area (Å²) in [6.07, 6.45) is 6.90. The molecule has 0 saturated heterocycles. The van der Waals surface area contributed by atoms with Crippen LogP contribution in [-0.2, 0) is 19.1 Å². The van der Waals surface area contributed by atoms with Crippen molar-refractivity contribution in [3.05, 3.63) is 0 Å². The van der Waals surface area contributed by atoms with Gasteiger partial charge >= 0.3 is 11.9 Å². The number of nitrogens with zero attached hydrogens (tertiary/aromatic N) is 1. The van der Waals surface area contributed by atoms with Crippen LogP contribution in [0.3, 0.4) is 0 Å². The van der Waals surface area contributed by atoms with Gasteiger partial charge in [-0.15, -0.1) is 0 Å². The summed E-state index contributed by atoms with van der Waals surface area (Å²) in [5.41, 5.74) is 0. The summed E-state index contributed by atoms with van der Waals surface area (Å²) in [5.74, 6) is -0.322. The lowest BCUT2D eigenvalue weighted by Crippen LogP contribution is -2.50. The number of carbonyl (C=O) groups excluding carboxylic acids is 2. The van der Waals surface area contributed by atoms with Crippen molar-refractivity contribution in [2.75, 3.05) is 46.5 Å². The van der Waals surface area contributed by atoms with Crippen LogP contribution in [0.15, 0.2) is 0 Å². The van der Waals surface area contributed by atoms with Crippen molar-refractivity contribution in [2.24, 2.45) is 0 Å². The highest BCUT2D eigenvalue weighted by Crippen LogP contribution is 2.06. The summed E-state index contributed by atoms with van der Waals surface area (Å²) >= 11 is 0. The molecule has 0 rings (SSSR count). The van der Waals surface area contributed by atoms with E-state index in [1.165, 1.54) is 0 Å². The molecule has 0 aliphatic rings. The average molecular weight is 361 g/mol. The third kappa shape index (κ3) is 13.8. The third-order valence-corrected chi connectivity index (χ3v) is 4.40. The molecule has 0 spiro atoms. The molecule has 0 fully saturated rings. The van der Waals surface area contributed by atoms with Crippen LogP contribution in [0.25, 0.3) is 0 Å². The van der Waals surface area contributed by atoms with Crippen LogP contribution in [0.1, 0.15) is 65.2 Å². The van der Waals surface area contributed by atoms with Crippen LogP contribution in [0.4, 0.5) is 0 Å². The molecule has 0 aromatic heterocycles. The van der Waals surface area contributed by atoms with Crippen LogP contribution in [0, 0.1) is 0 Å². The summed E-state index contributed by atoms with van der Waals surface area (Å²) in [5, 5.41) is 9.27. The first-order valence-electron chi connectivity index (χ1n) is 9.73. The molecule has 0 aromatic rings. The molecule has 0 unspecified atom stereocenters. The van der Waals surface area contributed by atoms with E-state index in [-0.39, 0.29) is 18.5 Å². The summed E-state index contributed by atoms with van der Waals surface area (Å²) < 4.78 is 11.1. The van der Waals surface area contributed by atoms with Crippen LogP contribution in [0.2, 0.25) is 0 Å². The van der Waals surface area contributed by atoms with Crippen molar-refractivity contribution < 1.29 is 28.7 Å². The number of aliphatic hydroxyl groups excluding tert-OH is 1. The number of likely N-dealkylation sites (N-methyl/N-ethyl adjacent to an activating group) is 1. The van der Waals surface area contributed by atoms with Crippen LogP contribution < -0.4 is 0 Å². The highest BCUT2D eigenvalue weighted by molar-refractivity contribution is 5.69. The minimum absolute atomic E-state index is 0.0470. The molecular weight excluding hydrogens is 322 g/mol. The maximum absolute atomic E-state index is 11.6. The monoisotopic (exact) mass is 360 g/mol. The van der Waals surface area contributed by atoms with Gasteiger partial charge in [0.1, 0.15) is 32.8 Å². The molecule has 0 saturated carbocycles. The van der Waals surface area contributed by atoms with E-state index >= 15 is 0 Å². The number of carbonyl (C=O) groups is 2. The van der Waals surface area contributed by atoms with E-state index in [4.69, 9.17) is 9.47 Å². The minimum Gasteiger partial charge on any atom is -0.460 e. The normalized spacial score (nSPS) is 11.4. The predicted molar refractivity (Wildman–Crippen MR) is 98.1 cm³/mol. The lowest BCUT2D eigenvalue weighted by Gasteiger charge is -2.33. The van der Waals surface area contributed by atoms with Gasteiger partial charge in [0.15, 0.2) is 0 Å². The zero-order valence-electron chi connectivity index (χ0n) is 16.4. The Morgan fingerprint density at radius 3 is 1.60 bits per heavy atom. The van der Waals surface area contributed by atoms with Gasteiger partial charge in [-0.2, -0.15) is 0 Å². The second-order valence-corrected chi connectivity index (χ2v) is 6.87. The van der Waals surface area contributed by atoms with Gasteiger partial charge in [0, 0.05) is 12.8 Å². The van der Waals surface area contributed by atoms with Gasteiger partial charge in [-0.1, -0.05) is 39.5 Å². The maximum Gasteiger partial charge on any atom is 0.305 e. The SMILES string of the molecule is CCCCCC(=O)OCC[N+](C)(CCO)CCOC(=O)CCCCC. The van der Waals surface area contributed by atoms with Gasteiger partial charge in [0.05, 0.1) is 13.7 Å². The Hall–Kier alpha value is -1.14. The Labute approximate surface area is 153 Å². The molecule has 0 heterocycles. The smallest absolute Gasteiger partial charge is 0.305 e. The Balaban J connectivity index is 4.05. The number of aliphatic hydroxyl groups is 1. The van der Waals surface area contributed by atoms with Gasteiger partial charge in [0.25, 0.3) is 0 Å². The molecule has 148 valence electrons.